The molecule has 0 aliphatic carbocycles. The standard InChI is InChI=1S/C14H11N3O3/c15-8-10-3-1-4-11(7-10)16-13(18)9-17-6-2-5-12(17)14(19)20/h1-7H,9H2,(H,16,18)(H,19,20). The van der Waals surface area contributed by atoms with Crippen LogP contribution in [0.1, 0.15) is 16.1 Å². The van der Waals surface area contributed by atoms with Gasteiger partial charge in [-0.15, -0.1) is 0 Å². The molecule has 6 nitrogen and oxygen atoms in total. The van der Waals surface area contributed by atoms with Gasteiger partial charge in [-0.2, -0.15) is 5.26 Å². The molecule has 2 rings (SSSR count). The minimum atomic E-state index is -1.09. The Labute approximate surface area is 114 Å². The first-order chi connectivity index (χ1) is 9.60. The van der Waals surface area contributed by atoms with Gasteiger partial charge in [-0.3, -0.25) is 4.79 Å². The molecule has 0 radical (unpaired) electrons. The van der Waals surface area contributed by atoms with Crippen LogP contribution in [0.3, 0.4) is 0 Å². The van der Waals surface area contributed by atoms with E-state index in [9.17, 15) is 9.59 Å². The topological polar surface area (TPSA) is 95.1 Å². The molecule has 0 aliphatic heterocycles. The Kier molecular flexibility index (Phi) is 3.82. The summed E-state index contributed by atoms with van der Waals surface area (Å²) in [7, 11) is 0. The van der Waals surface area contributed by atoms with Crippen molar-refractivity contribution >= 4 is 17.6 Å². The molecule has 20 heavy (non-hydrogen) atoms. The Hall–Kier alpha value is -3.07. The molecule has 0 saturated heterocycles. The van der Waals surface area contributed by atoms with Crippen molar-refractivity contribution in [2.24, 2.45) is 0 Å². The number of amides is 1. The fraction of sp³-hybridized carbons (Fsp3) is 0.0714. The van der Waals surface area contributed by atoms with Crippen molar-refractivity contribution in [3.63, 3.8) is 0 Å². The highest BCUT2D eigenvalue weighted by molar-refractivity contribution is 5.92. The Morgan fingerprint density at radius 2 is 2.10 bits per heavy atom. The molecule has 0 bridgehead atoms. The normalized spacial score (nSPS) is 9.75. The summed E-state index contributed by atoms with van der Waals surface area (Å²) in [6, 6.07) is 11.5. The number of rotatable bonds is 4. The van der Waals surface area contributed by atoms with Crippen LogP contribution in [0.5, 0.6) is 0 Å². The zero-order valence-corrected chi connectivity index (χ0v) is 10.4. The number of benzene rings is 1. The minimum absolute atomic E-state index is 0.0472. The van der Waals surface area contributed by atoms with E-state index in [-0.39, 0.29) is 18.1 Å². The lowest BCUT2D eigenvalue weighted by Gasteiger charge is -2.08. The number of nitriles is 1. The van der Waals surface area contributed by atoms with E-state index in [1.165, 1.54) is 16.8 Å². The summed E-state index contributed by atoms with van der Waals surface area (Å²) in [6.07, 6.45) is 1.52. The lowest BCUT2D eigenvalue weighted by molar-refractivity contribution is -0.116. The molecule has 1 heterocycles. The smallest absolute Gasteiger partial charge is 0.352 e. The van der Waals surface area contributed by atoms with E-state index in [1.807, 2.05) is 6.07 Å². The minimum Gasteiger partial charge on any atom is -0.477 e. The predicted molar refractivity (Wildman–Crippen MR) is 71.2 cm³/mol. The van der Waals surface area contributed by atoms with Gasteiger partial charge in [0.25, 0.3) is 0 Å². The quantitative estimate of drug-likeness (QED) is 0.883. The second-order valence-corrected chi connectivity index (χ2v) is 4.07. The van der Waals surface area contributed by atoms with Crippen molar-refractivity contribution in [3.05, 3.63) is 53.9 Å². The van der Waals surface area contributed by atoms with Gasteiger partial charge >= 0.3 is 5.97 Å². The van der Waals surface area contributed by atoms with Gasteiger partial charge < -0.3 is 15.0 Å². The number of hydrogen-bond acceptors (Lipinski definition) is 3. The maximum absolute atomic E-state index is 11.8. The van der Waals surface area contributed by atoms with Gasteiger partial charge in [-0.25, -0.2) is 4.79 Å². The van der Waals surface area contributed by atoms with Crippen LogP contribution >= 0.6 is 0 Å². The summed E-state index contributed by atoms with van der Waals surface area (Å²) in [4.78, 5) is 22.8. The summed E-state index contributed by atoms with van der Waals surface area (Å²) >= 11 is 0. The molecular formula is C14H11N3O3. The van der Waals surface area contributed by atoms with Crippen molar-refractivity contribution in [1.82, 2.24) is 4.57 Å². The maximum atomic E-state index is 11.8. The molecule has 2 aromatic rings. The number of carboxylic acid groups (broad SMARTS) is 1. The highest BCUT2D eigenvalue weighted by Gasteiger charge is 2.11. The fourth-order valence-corrected chi connectivity index (χ4v) is 1.77. The highest BCUT2D eigenvalue weighted by atomic mass is 16.4. The van der Waals surface area contributed by atoms with Gasteiger partial charge in [-0.1, -0.05) is 6.07 Å². The van der Waals surface area contributed by atoms with Gasteiger partial charge in [0.1, 0.15) is 12.2 Å². The van der Waals surface area contributed by atoms with Crippen LogP contribution in [-0.4, -0.2) is 21.6 Å². The third-order valence-electron chi connectivity index (χ3n) is 2.64. The third-order valence-corrected chi connectivity index (χ3v) is 2.64. The van der Waals surface area contributed by atoms with Crippen molar-refractivity contribution < 1.29 is 14.7 Å². The molecule has 6 heteroatoms. The number of carbonyl (C=O) groups excluding carboxylic acids is 1. The summed E-state index contributed by atoms with van der Waals surface area (Å²) in [6.45, 7) is -0.106. The number of nitrogens with one attached hydrogen (secondary N) is 1. The van der Waals surface area contributed by atoms with Crippen LogP contribution in [0.15, 0.2) is 42.6 Å². The van der Waals surface area contributed by atoms with E-state index in [4.69, 9.17) is 10.4 Å². The van der Waals surface area contributed by atoms with E-state index >= 15 is 0 Å². The Bertz CT molecular complexity index is 698. The largest absolute Gasteiger partial charge is 0.477 e. The fourth-order valence-electron chi connectivity index (χ4n) is 1.77. The zero-order valence-electron chi connectivity index (χ0n) is 10.4. The summed E-state index contributed by atoms with van der Waals surface area (Å²) < 4.78 is 1.34. The SMILES string of the molecule is N#Cc1cccc(NC(=O)Cn2cccc2C(=O)O)c1. The monoisotopic (exact) mass is 269 g/mol. The first-order valence-corrected chi connectivity index (χ1v) is 5.78. The zero-order chi connectivity index (χ0) is 14.5. The number of hydrogen-bond donors (Lipinski definition) is 2. The van der Waals surface area contributed by atoms with Crippen molar-refractivity contribution in [1.29, 1.82) is 5.26 Å². The van der Waals surface area contributed by atoms with Gasteiger partial charge in [0, 0.05) is 11.9 Å². The van der Waals surface area contributed by atoms with Crippen LogP contribution in [0.25, 0.3) is 0 Å². The number of carbonyl (C=O) groups is 2. The third kappa shape index (κ3) is 3.03. The predicted octanol–water partition coefficient (Wildman–Crippen LogP) is 1.70. The Morgan fingerprint density at radius 3 is 2.80 bits per heavy atom. The average Bonchev–Trinajstić information content (AvgIpc) is 2.87. The van der Waals surface area contributed by atoms with Gasteiger partial charge in [0.2, 0.25) is 5.91 Å². The molecule has 1 aromatic carbocycles. The molecule has 1 amide bonds. The second-order valence-electron chi connectivity index (χ2n) is 4.07. The molecule has 0 unspecified atom stereocenters. The number of nitrogens with zero attached hydrogens (tertiary/aromatic N) is 2. The molecule has 0 aliphatic rings. The van der Waals surface area contributed by atoms with E-state index in [0.29, 0.717) is 11.3 Å². The van der Waals surface area contributed by atoms with Crippen LogP contribution in [0, 0.1) is 11.3 Å². The Morgan fingerprint density at radius 1 is 1.30 bits per heavy atom. The van der Waals surface area contributed by atoms with E-state index in [2.05, 4.69) is 5.32 Å². The van der Waals surface area contributed by atoms with Gasteiger partial charge in [-0.05, 0) is 30.3 Å². The van der Waals surface area contributed by atoms with Gasteiger partial charge in [0.05, 0.1) is 11.6 Å². The summed E-state index contributed by atoms with van der Waals surface area (Å²) in [5.74, 6) is -1.45. The van der Waals surface area contributed by atoms with E-state index in [0.717, 1.165) is 0 Å². The lowest BCUT2D eigenvalue weighted by Crippen LogP contribution is -2.20. The molecule has 1 aromatic heterocycles. The second kappa shape index (κ2) is 5.71. The molecule has 0 spiro atoms. The van der Waals surface area contributed by atoms with Crippen LogP contribution < -0.4 is 5.32 Å². The highest BCUT2D eigenvalue weighted by Crippen LogP contribution is 2.10. The molecule has 0 fully saturated rings. The van der Waals surface area contributed by atoms with Crippen molar-refractivity contribution in [2.75, 3.05) is 5.32 Å². The average molecular weight is 269 g/mol. The molecular weight excluding hydrogens is 258 g/mol. The molecule has 0 atom stereocenters. The van der Waals surface area contributed by atoms with Crippen LogP contribution in [0.2, 0.25) is 0 Å². The first-order valence-electron chi connectivity index (χ1n) is 5.78. The van der Waals surface area contributed by atoms with Crippen LogP contribution in [0.4, 0.5) is 5.69 Å². The molecule has 0 saturated carbocycles. The maximum Gasteiger partial charge on any atom is 0.352 e. The van der Waals surface area contributed by atoms with E-state index in [1.54, 1.807) is 30.3 Å². The number of carboxylic acids is 1. The van der Waals surface area contributed by atoms with E-state index < -0.39 is 5.97 Å². The van der Waals surface area contributed by atoms with Gasteiger partial charge in [0.15, 0.2) is 0 Å². The van der Waals surface area contributed by atoms with Crippen LogP contribution in [-0.2, 0) is 11.3 Å². The van der Waals surface area contributed by atoms with Crippen molar-refractivity contribution in [3.8, 4) is 6.07 Å². The summed E-state index contributed by atoms with van der Waals surface area (Å²) in [5, 5.41) is 20.3. The molecule has 2 N–H and O–H groups in total. The Balaban J connectivity index is 2.07. The number of aromatic carboxylic acids is 1. The number of aromatic nitrogens is 1. The number of anilines is 1. The first kappa shape index (κ1) is 13.4. The molecule has 100 valence electrons. The summed E-state index contributed by atoms with van der Waals surface area (Å²) in [5.41, 5.74) is 0.985. The lowest BCUT2D eigenvalue weighted by atomic mass is 10.2. The van der Waals surface area contributed by atoms with Crippen molar-refractivity contribution in [2.45, 2.75) is 6.54 Å².